The van der Waals surface area contributed by atoms with Gasteiger partial charge in [-0.05, 0) is 54.7 Å². The molecule has 2 aliphatic rings. The summed E-state index contributed by atoms with van der Waals surface area (Å²) in [5.74, 6) is -0.0471. The average molecular weight is 421 g/mol. The molecule has 0 unspecified atom stereocenters. The molecular weight excluding hydrogens is 392 g/mol. The number of nitrogens with one attached hydrogen (secondary N) is 2. The Kier molecular flexibility index (Phi) is 6.21. The Morgan fingerprint density at radius 1 is 0.806 bits per heavy atom. The van der Waals surface area contributed by atoms with Gasteiger partial charge in [0.05, 0.1) is 0 Å². The van der Waals surface area contributed by atoms with Crippen molar-refractivity contribution in [3.05, 3.63) is 59.7 Å². The predicted octanol–water partition coefficient (Wildman–Crippen LogP) is 3.47. The van der Waals surface area contributed by atoms with Gasteiger partial charge in [-0.3, -0.25) is 9.59 Å². The second-order valence-electron chi connectivity index (χ2n) is 8.22. The largest absolute Gasteiger partial charge is 0.343 e. The van der Waals surface area contributed by atoms with Crippen LogP contribution in [0.3, 0.4) is 0 Å². The van der Waals surface area contributed by atoms with Gasteiger partial charge in [0.25, 0.3) is 0 Å². The van der Waals surface area contributed by atoms with Crippen molar-refractivity contribution in [1.29, 1.82) is 0 Å². The number of carbonyl (C=O) groups excluding carboxylic acids is 3. The summed E-state index contributed by atoms with van der Waals surface area (Å²) >= 11 is 0. The second kappa shape index (κ2) is 9.20. The Morgan fingerprint density at radius 2 is 1.42 bits per heavy atom. The molecule has 2 aliphatic heterocycles. The fraction of sp³-hybridized carbons (Fsp3) is 0.375. The minimum Gasteiger partial charge on any atom is -0.343 e. The quantitative estimate of drug-likeness (QED) is 0.798. The van der Waals surface area contributed by atoms with Crippen LogP contribution in [0.1, 0.15) is 30.9 Å². The van der Waals surface area contributed by atoms with Crippen molar-refractivity contribution in [1.82, 2.24) is 9.80 Å². The van der Waals surface area contributed by atoms with Gasteiger partial charge in [0.1, 0.15) is 0 Å². The van der Waals surface area contributed by atoms with E-state index in [2.05, 4.69) is 22.8 Å². The first-order chi connectivity index (χ1) is 15.0. The van der Waals surface area contributed by atoms with Crippen LogP contribution < -0.4 is 10.6 Å². The van der Waals surface area contributed by atoms with Gasteiger partial charge < -0.3 is 20.4 Å². The number of likely N-dealkylation sites (tertiary alicyclic amines) is 1. The highest BCUT2D eigenvalue weighted by atomic mass is 16.2. The summed E-state index contributed by atoms with van der Waals surface area (Å²) in [4.78, 5) is 40.2. The van der Waals surface area contributed by atoms with Crippen LogP contribution in [0.4, 0.5) is 16.2 Å². The van der Waals surface area contributed by atoms with Crippen molar-refractivity contribution in [2.45, 2.75) is 32.7 Å². The van der Waals surface area contributed by atoms with E-state index in [1.54, 1.807) is 36.1 Å². The first-order valence-electron chi connectivity index (χ1n) is 10.8. The Bertz CT molecular complexity index is 965. The second-order valence-corrected chi connectivity index (χ2v) is 8.22. The number of carbonyl (C=O) groups is 3. The van der Waals surface area contributed by atoms with E-state index in [1.165, 1.54) is 11.1 Å². The number of amides is 4. The summed E-state index contributed by atoms with van der Waals surface area (Å²) in [6, 6.07) is 15.3. The Labute approximate surface area is 182 Å². The number of fused-ring (bicyclic) bond motifs is 1. The van der Waals surface area contributed by atoms with Gasteiger partial charge >= 0.3 is 6.03 Å². The van der Waals surface area contributed by atoms with Crippen LogP contribution in [0, 0.1) is 5.92 Å². The topological polar surface area (TPSA) is 81.8 Å². The lowest BCUT2D eigenvalue weighted by Crippen LogP contribution is -2.40. The number of anilines is 2. The van der Waals surface area contributed by atoms with Crippen molar-refractivity contribution in [3.63, 3.8) is 0 Å². The van der Waals surface area contributed by atoms with Crippen LogP contribution in [0.2, 0.25) is 0 Å². The maximum absolute atomic E-state index is 12.6. The zero-order valence-corrected chi connectivity index (χ0v) is 17.8. The van der Waals surface area contributed by atoms with Gasteiger partial charge in [0.15, 0.2) is 0 Å². The molecule has 0 radical (unpaired) electrons. The number of benzene rings is 2. The molecule has 4 rings (SSSR count). The van der Waals surface area contributed by atoms with Crippen molar-refractivity contribution in [2.75, 3.05) is 30.3 Å². The molecule has 2 aromatic rings. The van der Waals surface area contributed by atoms with Gasteiger partial charge in [-0.25, -0.2) is 4.79 Å². The van der Waals surface area contributed by atoms with Crippen molar-refractivity contribution >= 4 is 29.2 Å². The molecule has 2 N–H and O–H groups in total. The van der Waals surface area contributed by atoms with E-state index in [0.29, 0.717) is 50.4 Å². The Hall–Kier alpha value is -3.35. The molecule has 0 spiro atoms. The van der Waals surface area contributed by atoms with Gasteiger partial charge in [0.2, 0.25) is 11.8 Å². The number of hydrogen-bond acceptors (Lipinski definition) is 3. The molecule has 31 heavy (non-hydrogen) atoms. The zero-order chi connectivity index (χ0) is 21.8. The van der Waals surface area contributed by atoms with Crippen molar-refractivity contribution in [3.8, 4) is 0 Å². The van der Waals surface area contributed by atoms with E-state index >= 15 is 0 Å². The summed E-state index contributed by atoms with van der Waals surface area (Å²) < 4.78 is 0. The standard InChI is InChI=1S/C24H28N4O3/c1-17(29)27-13-11-19(12-14-27)23(30)25-21-6-8-22(9-7-21)26-24(31)28-15-10-18-4-2-3-5-20(18)16-28/h2-9,19H,10-16H2,1H3,(H,25,30)(H,26,31). The summed E-state index contributed by atoms with van der Waals surface area (Å²) in [6.07, 6.45) is 2.22. The molecule has 2 aromatic carbocycles. The maximum Gasteiger partial charge on any atom is 0.322 e. The van der Waals surface area contributed by atoms with E-state index in [4.69, 9.17) is 0 Å². The molecule has 4 amide bonds. The molecule has 0 aliphatic carbocycles. The number of nitrogens with zero attached hydrogens (tertiary/aromatic N) is 2. The Balaban J connectivity index is 1.28. The van der Waals surface area contributed by atoms with Crippen LogP contribution in [-0.4, -0.2) is 47.3 Å². The molecule has 2 heterocycles. The van der Waals surface area contributed by atoms with E-state index in [9.17, 15) is 14.4 Å². The number of rotatable bonds is 3. The maximum atomic E-state index is 12.6. The van der Waals surface area contributed by atoms with Crippen LogP contribution >= 0.6 is 0 Å². The summed E-state index contributed by atoms with van der Waals surface area (Å²) in [5.41, 5.74) is 3.88. The lowest BCUT2D eigenvalue weighted by atomic mass is 9.96. The highest BCUT2D eigenvalue weighted by molar-refractivity contribution is 5.94. The van der Waals surface area contributed by atoms with Crippen LogP contribution in [0.15, 0.2) is 48.5 Å². The minimum atomic E-state index is -0.122. The molecule has 0 aromatic heterocycles. The van der Waals surface area contributed by atoms with Gasteiger partial charge in [-0.2, -0.15) is 0 Å². The summed E-state index contributed by atoms with van der Waals surface area (Å²) in [5, 5.41) is 5.88. The molecule has 1 fully saturated rings. The molecular formula is C24H28N4O3. The molecule has 162 valence electrons. The summed E-state index contributed by atoms with van der Waals surface area (Å²) in [6.45, 7) is 4.11. The zero-order valence-electron chi connectivity index (χ0n) is 17.8. The third kappa shape index (κ3) is 5.05. The van der Waals surface area contributed by atoms with Gasteiger partial charge in [-0.15, -0.1) is 0 Å². The van der Waals surface area contributed by atoms with Gasteiger partial charge in [-0.1, -0.05) is 24.3 Å². The minimum absolute atomic E-state index is 0.0213. The smallest absolute Gasteiger partial charge is 0.322 e. The summed E-state index contributed by atoms with van der Waals surface area (Å²) in [7, 11) is 0. The number of piperidine rings is 1. The lowest BCUT2D eigenvalue weighted by molar-refractivity contribution is -0.132. The van der Waals surface area contributed by atoms with Crippen LogP contribution in [-0.2, 0) is 22.6 Å². The van der Waals surface area contributed by atoms with E-state index in [1.807, 2.05) is 17.0 Å². The first kappa shape index (κ1) is 20.9. The normalized spacial score (nSPS) is 16.4. The molecule has 0 atom stereocenters. The van der Waals surface area contributed by atoms with E-state index in [0.717, 1.165) is 6.42 Å². The fourth-order valence-corrected chi connectivity index (χ4v) is 4.21. The third-order valence-corrected chi connectivity index (χ3v) is 6.13. The SMILES string of the molecule is CC(=O)N1CCC(C(=O)Nc2ccc(NC(=O)N3CCc4ccccc4C3)cc2)CC1. The van der Waals surface area contributed by atoms with Crippen LogP contribution in [0.25, 0.3) is 0 Å². The number of hydrogen-bond donors (Lipinski definition) is 2. The Morgan fingerprint density at radius 3 is 2.06 bits per heavy atom. The van der Waals surface area contributed by atoms with E-state index in [-0.39, 0.29) is 23.8 Å². The first-order valence-corrected chi connectivity index (χ1v) is 10.8. The van der Waals surface area contributed by atoms with Crippen molar-refractivity contribution in [2.24, 2.45) is 5.92 Å². The predicted molar refractivity (Wildman–Crippen MR) is 120 cm³/mol. The van der Waals surface area contributed by atoms with E-state index < -0.39 is 0 Å². The lowest BCUT2D eigenvalue weighted by Gasteiger charge is -2.30. The molecule has 0 saturated carbocycles. The molecule has 0 bridgehead atoms. The highest BCUT2D eigenvalue weighted by Gasteiger charge is 2.26. The van der Waals surface area contributed by atoms with Crippen molar-refractivity contribution < 1.29 is 14.4 Å². The van der Waals surface area contributed by atoms with Gasteiger partial charge in [0, 0.05) is 50.4 Å². The van der Waals surface area contributed by atoms with Crippen LogP contribution in [0.5, 0.6) is 0 Å². The molecule has 1 saturated heterocycles. The molecule has 7 heteroatoms. The number of urea groups is 1. The molecule has 7 nitrogen and oxygen atoms in total. The third-order valence-electron chi connectivity index (χ3n) is 6.13. The average Bonchev–Trinajstić information content (AvgIpc) is 2.80. The fourth-order valence-electron chi connectivity index (χ4n) is 4.21. The monoisotopic (exact) mass is 420 g/mol. The highest BCUT2D eigenvalue weighted by Crippen LogP contribution is 2.22.